The molecule has 84 valence electrons. The van der Waals surface area contributed by atoms with Gasteiger partial charge < -0.3 is 5.11 Å². The van der Waals surface area contributed by atoms with Gasteiger partial charge >= 0.3 is 5.97 Å². The van der Waals surface area contributed by atoms with Gasteiger partial charge in [-0.2, -0.15) is 0 Å². The van der Waals surface area contributed by atoms with Crippen molar-refractivity contribution in [2.24, 2.45) is 0 Å². The number of thiazole rings is 1. The van der Waals surface area contributed by atoms with Gasteiger partial charge in [0.15, 0.2) is 0 Å². The average molecular weight is 258 g/mol. The summed E-state index contributed by atoms with van der Waals surface area (Å²) in [6, 6.07) is 2.73. The number of pyridine rings is 1. The first-order chi connectivity index (χ1) is 7.38. The summed E-state index contributed by atoms with van der Waals surface area (Å²) in [7, 11) is -3.38. The molecule has 0 aliphatic carbocycles. The van der Waals surface area contributed by atoms with E-state index in [1.807, 2.05) is 0 Å². The first-order valence-corrected chi connectivity index (χ1v) is 6.79. The standard InChI is InChI=1S/C8H6N2O4S2/c1-16(13,14)8-10-4-2-3-5(7(11)12)9-6(4)15-8/h2-3H,1H3,(H,11,12). The maximum absolute atomic E-state index is 11.2. The second-order valence-electron chi connectivity index (χ2n) is 3.08. The van der Waals surface area contributed by atoms with Gasteiger partial charge in [-0.15, -0.1) is 0 Å². The maximum atomic E-state index is 11.2. The first-order valence-electron chi connectivity index (χ1n) is 4.09. The normalized spacial score (nSPS) is 11.8. The SMILES string of the molecule is CS(=O)(=O)c1nc2ccc(C(=O)O)nc2s1. The summed E-state index contributed by atoms with van der Waals surface area (Å²) < 4.78 is 22.4. The van der Waals surface area contributed by atoms with E-state index >= 15 is 0 Å². The van der Waals surface area contributed by atoms with Gasteiger partial charge in [-0.1, -0.05) is 11.3 Å². The second kappa shape index (κ2) is 3.49. The highest BCUT2D eigenvalue weighted by Gasteiger charge is 2.15. The monoisotopic (exact) mass is 258 g/mol. The number of hydrogen-bond acceptors (Lipinski definition) is 6. The number of nitrogens with zero attached hydrogens (tertiary/aromatic N) is 2. The summed E-state index contributed by atoms with van der Waals surface area (Å²) in [6.45, 7) is 0. The Labute approximate surface area is 94.5 Å². The fourth-order valence-corrected chi connectivity index (χ4v) is 2.85. The van der Waals surface area contributed by atoms with Gasteiger partial charge in [0.05, 0.1) is 0 Å². The Bertz CT molecular complexity index is 674. The zero-order chi connectivity index (χ0) is 11.9. The molecule has 0 aromatic carbocycles. The van der Waals surface area contributed by atoms with Crippen LogP contribution in [0.2, 0.25) is 0 Å². The molecule has 0 aliphatic rings. The minimum atomic E-state index is -3.38. The van der Waals surface area contributed by atoms with Gasteiger partial charge in [-0.25, -0.2) is 23.2 Å². The third kappa shape index (κ3) is 1.89. The Kier molecular flexibility index (Phi) is 2.39. The quantitative estimate of drug-likeness (QED) is 0.855. The van der Waals surface area contributed by atoms with E-state index in [2.05, 4.69) is 9.97 Å². The van der Waals surface area contributed by atoms with Crippen molar-refractivity contribution in [1.82, 2.24) is 9.97 Å². The van der Waals surface area contributed by atoms with Crippen molar-refractivity contribution in [2.45, 2.75) is 4.34 Å². The number of carboxylic acids is 1. The molecule has 2 heterocycles. The van der Waals surface area contributed by atoms with Crippen LogP contribution in [0.5, 0.6) is 0 Å². The molecule has 2 aromatic rings. The van der Waals surface area contributed by atoms with E-state index in [9.17, 15) is 13.2 Å². The molecule has 16 heavy (non-hydrogen) atoms. The number of sulfone groups is 1. The van der Waals surface area contributed by atoms with Crippen LogP contribution in [0.3, 0.4) is 0 Å². The van der Waals surface area contributed by atoms with Crippen LogP contribution in [0, 0.1) is 0 Å². The van der Waals surface area contributed by atoms with Crippen molar-refractivity contribution >= 4 is 37.5 Å². The van der Waals surface area contributed by atoms with Crippen molar-refractivity contribution in [3.8, 4) is 0 Å². The molecule has 2 rings (SSSR count). The molecule has 0 unspecified atom stereocenters. The molecule has 0 spiro atoms. The number of rotatable bonds is 2. The largest absolute Gasteiger partial charge is 0.477 e. The summed E-state index contributed by atoms with van der Waals surface area (Å²) in [5.74, 6) is -1.16. The van der Waals surface area contributed by atoms with E-state index < -0.39 is 15.8 Å². The lowest BCUT2D eigenvalue weighted by atomic mass is 10.3. The highest BCUT2D eigenvalue weighted by molar-refractivity contribution is 7.92. The first kappa shape index (κ1) is 11.0. The molecule has 0 fully saturated rings. The van der Waals surface area contributed by atoms with Crippen molar-refractivity contribution in [3.05, 3.63) is 17.8 Å². The van der Waals surface area contributed by atoms with Crippen LogP contribution in [0.4, 0.5) is 0 Å². The van der Waals surface area contributed by atoms with Crippen LogP contribution in [0.1, 0.15) is 10.5 Å². The number of carbonyl (C=O) groups is 1. The molecule has 0 aliphatic heterocycles. The van der Waals surface area contributed by atoms with E-state index in [4.69, 9.17) is 5.11 Å². The Morgan fingerprint density at radius 1 is 1.38 bits per heavy atom. The molecular weight excluding hydrogens is 252 g/mol. The molecular formula is C8H6N2O4S2. The van der Waals surface area contributed by atoms with Gasteiger partial charge in [0.1, 0.15) is 16.0 Å². The zero-order valence-electron chi connectivity index (χ0n) is 8.04. The van der Waals surface area contributed by atoms with Crippen LogP contribution in [0.15, 0.2) is 16.5 Å². The molecule has 0 saturated heterocycles. The van der Waals surface area contributed by atoms with E-state index in [1.165, 1.54) is 12.1 Å². The van der Waals surface area contributed by atoms with Gasteiger partial charge in [0.25, 0.3) is 0 Å². The van der Waals surface area contributed by atoms with Crippen molar-refractivity contribution < 1.29 is 18.3 Å². The summed E-state index contributed by atoms with van der Waals surface area (Å²) in [4.78, 5) is 18.6. The lowest BCUT2D eigenvalue weighted by Crippen LogP contribution is -1.98. The molecule has 0 saturated carbocycles. The number of aromatic nitrogens is 2. The Hall–Kier alpha value is -1.54. The minimum absolute atomic E-state index is 0.0578. The van der Waals surface area contributed by atoms with Gasteiger partial charge in [-0.3, -0.25) is 0 Å². The molecule has 0 atom stereocenters. The molecule has 8 heteroatoms. The van der Waals surface area contributed by atoms with Gasteiger partial charge in [-0.05, 0) is 12.1 Å². The summed E-state index contributed by atoms with van der Waals surface area (Å²) >= 11 is 0.862. The van der Waals surface area contributed by atoms with Crippen LogP contribution in [-0.4, -0.2) is 35.7 Å². The lowest BCUT2D eigenvalue weighted by molar-refractivity contribution is 0.0691. The molecule has 1 N–H and O–H groups in total. The van der Waals surface area contributed by atoms with Gasteiger partial charge in [0, 0.05) is 6.26 Å². The Morgan fingerprint density at radius 3 is 2.62 bits per heavy atom. The topological polar surface area (TPSA) is 97.2 Å². The smallest absolute Gasteiger partial charge is 0.354 e. The van der Waals surface area contributed by atoms with E-state index in [1.54, 1.807) is 0 Å². The summed E-state index contributed by atoms with van der Waals surface area (Å²) in [6.07, 6.45) is 1.04. The van der Waals surface area contributed by atoms with E-state index in [-0.39, 0.29) is 10.0 Å². The number of hydrogen-bond donors (Lipinski definition) is 1. The maximum Gasteiger partial charge on any atom is 0.354 e. The fraction of sp³-hybridized carbons (Fsp3) is 0.125. The van der Waals surface area contributed by atoms with Crippen LogP contribution >= 0.6 is 11.3 Å². The second-order valence-corrected chi connectivity index (χ2v) is 6.24. The molecule has 2 aromatic heterocycles. The van der Waals surface area contributed by atoms with Crippen molar-refractivity contribution in [3.63, 3.8) is 0 Å². The Balaban J connectivity index is 2.68. The molecule has 6 nitrogen and oxygen atoms in total. The zero-order valence-corrected chi connectivity index (χ0v) is 9.67. The third-order valence-corrected chi connectivity index (χ3v) is 4.42. The summed E-state index contributed by atoms with van der Waals surface area (Å²) in [5.41, 5.74) is 0.256. The molecule has 0 bridgehead atoms. The lowest BCUT2D eigenvalue weighted by Gasteiger charge is -1.90. The molecule has 0 radical (unpaired) electrons. The number of carboxylic acid groups (broad SMARTS) is 1. The predicted molar refractivity (Wildman–Crippen MR) is 57.5 cm³/mol. The number of fused-ring (bicyclic) bond motifs is 1. The van der Waals surface area contributed by atoms with Crippen molar-refractivity contribution in [2.75, 3.05) is 6.26 Å². The van der Waals surface area contributed by atoms with E-state index in [0.29, 0.717) is 10.3 Å². The minimum Gasteiger partial charge on any atom is -0.477 e. The van der Waals surface area contributed by atoms with Crippen LogP contribution in [-0.2, 0) is 9.84 Å². The predicted octanol–water partition coefficient (Wildman–Crippen LogP) is 0.793. The third-order valence-electron chi connectivity index (χ3n) is 1.77. The fourth-order valence-electron chi connectivity index (χ4n) is 1.07. The van der Waals surface area contributed by atoms with Crippen LogP contribution in [0.25, 0.3) is 10.3 Å². The highest BCUT2D eigenvalue weighted by Crippen LogP contribution is 2.23. The summed E-state index contributed by atoms with van der Waals surface area (Å²) in [5, 5.41) is 8.71. The highest BCUT2D eigenvalue weighted by atomic mass is 32.2. The van der Waals surface area contributed by atoms with Crippen LogP contribution < -0.4 is 0 Å². The molecule has 0 amide bonds. The van der Waals surface area contributed by atoms with E-state index in [0.717, 1.165) is 17.6 Å². The average Bonchev–Trinajstić information content (AvgIpc) is 2.58. The Morgan fingerprint density at radius 2 is 2.06 bits per heavy atom. The van der Waals surface area contributed by atoms with Gasteiger partial charge in [0.2, 0.25) is 14.2 Å². The van der Waals surface area contributed by atoms with Crippen molar-refractivity contribution in [1.29, 1.82) is 0 Å². The number of aromatic carboxylic acids is 1.